The average Bonchev–Trinajstić information content (AvgIpc) is 4.10. The Bertz CT molecular complexity index is 2710. The highest BCUT2D eigenvalue weighted by atomic mass is 14.8. The molecule has 7 aromatic rings. The Morgan fingerprint density at radius 2 is 0.732 bits per heavy atom. The molecule has 3 aromatic heterocycles. The van der Waals surface area contributed by atoms with Gasteiger partial charge < -0.3 is 9.97 Å². The highest BCUT2D eigenvalue weighted by Gasteiger charge is 2.19. The van der Waals surface area contributed by atoms with E-state index in [0.29, 0.717) is 22.3 Å². The van der Waals surface area contributed by atoms with Crippen LogP contribution in [0.25, 0.3) is 78.7 Å². The third-order valence-electron chi connectivity index (χ3n) is 9.99. The zero-order valence-corrected chi connectivity index (χ0v) is 29.5. The zero-order valence-electron chi connectivity index (χ0n) is 29.5. The van der Waals surface area contributed by atoms with Gasteiger partial charge in [-0.05, 0) is 113 Å². The molecule has 8 bridgehead atoms. The Morgan fingerprint density at radius 1 is 0.393 bits per heavy atom. The molecule has 0 spiro atoms. The normalized spacial score (nSPS) is 11.4. The predicted molar refractivity (Wildman–Crippen MR) is 220 cm³/mol. The summed E-state index contributed by atoms with van der Waals surface area (Å²) < 4.78 is 0. The molecule has 8 nitrogen and oxygen atoms in total. The van der Waals surface area contributed by atoms with Crippen molar-refractivity contribution >= 4 is 46.1 Å². The molecule has 258 valence electrons. The number of aromatic amines is 2. The summed E-state index contributed by atoms with van der Waals surface area (Å²) in [4.78, 5) is 17.7. The summed E-state index contributed by atoms with van der Waals surface area (Å²) >= 11 is 0. The first kappa shape index (κ1) is 33.3. The van der Waals surface area contributed by atoms with Crippen LogP contribution < -0.4 is 0 Å². The summed E-state index contributed by atoms with van der Waals surface area (Å²) in [5, 5.41) is 38.3. The van der Waals surface area contributed by atoms with Crippen LogP contribution in [0.5, 0.6) is 0 Å². The second kappa shape index (κ2) is 13.8. The number of H-pyrrole nitrogens is 2. The number of aliphatic imine (C=N–C) groups is 1. The van der Waals surface area contributed by atoms with Crippen molar-refractivity contribution in [2.24, 2.45) is 4.99 Å². The first-order valence-electron chi connectivity index (χ1n) is 17.7. The van der Waals surface area contributed by atoms with Crippen molar-refractivity contribution in [1.82, 2.24) is 15.0 Å². The van der Waals surface area contributed by atoms with Crippen molar-refractivity contribution in [1.29, 1.82) is 21.0 Å². The minimum absolute atomic E-state index is 0.552. The maximum atomic E-state index is 9.58. The van der Waals surface area contributed by atoms with Crippen LogP contribution in [0.4, 0.5) is 5.69 Å². The number of hydrogen-bond acceptors (Lipinski definition) is 6. The molecule has 0 saturated heterocycles. The Hall–Kier alpha value is -8.56. The number of nitrogens with zero attached hydrogens (tertiary/aromatic N) is 6. The van der Waals surface area contributed by atoms with E-state index < -0.39 is 0 Å². The van der Waals surface area contributed by atoms with Crippen molar-refractivity contribution in [2.45, 2.75) is 0 Å². The molecule has 2 aliphatic rings. The highest BCUT2D eigenvalue weighted by Crippen LogP contribution is 2.40. The van der Waals surface area contributed by atoms with Gasteiger partial charge in [-0.3, -0.25) is 4.99 Å². The minimum atomic E-state index is 0.552. The lowest BCUT2D eigenvalue weighted by molar-refractivity contribution is 1.32. The van der Waals surface area contributed by atoms with Crippen molar-refractivity contribution in [3.63, 3.8) is 0 Å². The van der Waals surface area contributed by atoms with Gasteiger partial charge in [-0.15, -0.1) is 0 Å². The Labute approximate surface area is 321 Å². The van der Waals surface area contributed by atoms with Gasteiger partial charge in [0.05, 0.1) is 63.6 Å². The maximum Gasteiger partial charge on any atom is 0.0991 e. The van der Waals surface area contributed by atoms with Crippen LogP contribution in [0, 0.1) is 45.3 Å². The lowest BCUT2D eigenvalue weighted by atomic mass is 9.99. The molecule has 0 fully saturated rings. The summed E-state index contributed by atoms with van der Waals surface area (Å²) in [5.74, 6) is 0. The van der Waals surface area contributed by atoms with Gasteiger partial charge >= 0.3 is 0 Å². The van der Waals surface area contributed by atoms with E-state index in [1.54, 1.807) is 36.4 Å². The molecule has 2 N–H and O–H groups in total. The maximum absolute atomic E-state index is 9.58. The number of rotatable bonds is 4. The van der Waals surface area contributed by atoms with Crippen LogP contribution in [0.2, 0.25) is 0 Å². The first-order valence-corrected chi connectivity index (χ1v) is 17.7. The van der Waals surface area contributed by atoms with E-state index in [9.17, 15) is 21.0 Å². The van der Waals surface area contributed by atoms with E-state index in [-0.39, 0.29) is 0 Å². The molecular formula is C48H26N8. The molecule has 5 heterocycles. The monoisotopic (exact) mass is 714 g/mol. The lowest BCUT2D eigenvalue weighted by Crippen LogP contribution is -1.89. The lowest BCUT2D eigenvalue weighted by Gasteiger charge is -2.07. The SMILES string of the molecule is N#Cc1ccc(-c2c3cc(c(-c4ccc(C#N)cc4)c4ccc([nH]4)c(-c4ccc(C#N)cc4)c4nc(c(-c5ccc(C#N)cc5)c5ccc2[nH]5)C=C4)N=C3)cc1. The van der Waals surface area contributed by atoms with Crippen LogP contribution in [0.1, 0.15) is 39.2 Å². The van der Waals surface area contributed by atoms with Crippen LogP contribution >= 0.6 is 0 Å². The topological polar surface area (TPSA) is 152 Å². The number of benzene rings is 4. The second-order valence-corrected chi connectivity index (χ2v) is 13.3. The zero-order chi connectivity index (χ0) is 38.2. The van der Waals surface area contributed by atoms with E-state index in [1.807, 2.05) is 103 Å². The molecule has 56 heavy (non-hydrogen) atoms. The number of hydrogen-bond donors (Lipinski definition) is 2. The van der Waals surface area contributed by atoms with E-state index in [4.69, 9.17) is 9.98 Å². The van der Waals surface area contributed by atoms with E-state index in [2.05, 4.69) is 40.3 Å². The van der Waals surface area contributed by atoms with Crippen LogP contribution in [-0.2, 0) is 0 Å². The summed E-state index contributed by atoms with van der Waals surface area (Å²) in [6.45, 7) is 0. The molecule has 0 amide bonds. The van der Waals surface area contributed by atoms with Crippen LogP contribution in [-0.4, -0.2) is 21.2 Å². The molecule has 4 aromatic carbocycles. The fourth-order valence-electron chi connectivity index (χ4n) is 7.30. The van der Waals surface area contributed by atoms with Crippen molar-refractivity contribution in [3.8, 4) is 68.8 Å². The Morgan fingerprint density at radius 3 is 1.12 bits per heavy atom. The van der Waals surface area contributed by atoms with Gasteiger partial charge in [0.1, 0.15) is 0 Å². The van der Waals surface area contributed by atoms with Gasteiger partial charge in [0.15, 0.2) is 0 Å². The molecule has 9 rings (SSSR count). The van der Waals surface area contributed by atoms with Gasteiger partial charge in [-0.1, -0.05) is 48.5 Å². The minimum Gasteiger partial charge on any atom is -0.354 e. The number of fused-ring (bicyclic) bond motifs is 8. The van der Waals surface area contributed by atoms with Gasteiger partial charge in [-0.2, -0.15) is 21.0 Å². The molecule has 8 heteroatoms. The van der Waals surface area contributed by atoms with Gasteiger partial charge in [-0.25, -0.2) is 4.98 Å². The standard InChI is InChI=1S/C48H26N8/c49-24-29-1-9-33(10-2-29)45-37-23-44(53-28-37)48(36-15-7-32(27-52)8-16-36)43-22-21-42(56-43)47(35-13-5-31(26-51)6-14-35)41-20-19-40(55-41)46(39-18-17-38(45)54-39)34-11-3-30(25-50)4-12-34/h1-23,28,54,56H. The number of nitrogens with one attached hydrogen (secondary N) is 2. The van der Waals surface area contributed by atoms with E-state index in [1.165, 1.54) is 0 Å². The fourth-order valence-corrected chi connectivity index (χ4v) is 7.30. The summed E-state index contributed by atoms with van der Waals surface area (Å²) in [5.41, 5.74) is 15.5. The van der Waals surface area contributed by atoms with Gasteiger partial charge in [0.2, 0.25) is 0 Å². The third-order valence-corrected chi connectivity index (χ3v) is 9.99. The quantitative estimate of drug-likeness (QED) is 0.186. The molecule has 0 atom stereocenters. The van der Waals surface area contributed by atoms with Gasteiger partial charge in [0, 0.05) is 56.1 Å². The average molecular weight is 715 g/mol. The van der Waals surface area contributed by atoms with Gasteiger partial charge in [0.25, 0.3) is 0 Å². The predicted octanol–water partition coefficient (Wildman–Crippen LogP) is 11.0. The summed E-state index contributed by atoms with van der Waals surface area (Å²) in [6, 6.07) is 49.0. The Kier molecular flexibility index (Phi) is 8.19. The van der Waals surface area contributed by atoms with E-state index in [0.717, 1.165) is 89.2 Å². The molecule has 0 radical (unpaired) electrons. The fraction of sp³-hybridized carbons (Fsp3) is 0. The third kappa shape index (κ3) is 5.89. The molecule has 2 aliphatic heterocycles. The molecular weight excluding hydrogens is 689 g/mol. The van der Waals surface area contributed by atoms with Crippen molar-refractivity contribution in [2.75, 3.05) is 0 Å². The highest BCUT2D eigenvalue weighted by molar-refractivity contribution is 6.05. The smallest absolute Gasteiger partial charge is 0.0991 e. The number of aromatic nitrogens is 3. The summed E-state index contributed by atoms with van der Waals surface area (Å²) in [6.07, 6.45) is 5.86. The molecule has 0 unspecified atom stereocenters. The van der Waals surface area contributed by atoms with Crippen molar-refractivity contribution < 1.29 is 0 Å². The Balaban J connectivity index is 1.45. The second-order valence-electron chi connectivity index (χ2n) is 13.3. The van der Waals surface area contributed by atoms with E-state index >= 15 is 0 Å². The molecule has 0 aliphatic carbocycles. The first-order chi connectivity index (χ1) is 27.5. The van der Waals surface area contributed by atoms with Crippen molar-refractivity contribution in [3.05, 3.63) is 167 Å². The summed E-state index contributed by atoms with van der Waals surface area (Å²) in [7, 11) is 0. The largest absolute Gasteiger partial charge is 0.354 e. The van der Waals surface area contributed by atoms with Crippen LogP contribution in [0.15, 0.2) is 132 Å². The molecule has 0 saturated carbocycles. The number of nitriles is 4. The van der Waals surface area contributed by atoms with Crippen LogP contribution in [0.3, 0.4) is 0 Å².